The smallest absolute Gasteiger partial charge is 0.0370 e. The average molecular weight is 280 g/mol. The minimum atomic E-state index is 0.217. The molecule has 0 radical (unpaired) electrons. The number of likely N-dealkylation sites (tertiary alicyclic amines) is 1. The van der Waals surface area contributed by atoms with Gasteiger partial charge in [0.05, 0.1) is 0 Å². The summed E-state index contributed by atoms with van der Waals surface area (Å²) in [5, 5.41) is 3.71. The van der Waals surface area contributed by atoms with Crippen LogP contribution in [0.2, 0.25) is 0 Å². The fraction of sp³-hybridized carbons (Fsp3) is 0.368. The zero-order valence-corrected chi connectivity index (χ0v) is 12.8. The molecule has 2 nitrogen and oxygen atoms in total. The average Bonchev–Trinajstić information content (AvgIpc) is 2.52. The highest BCUT2D eigenvalue weighted by Crippen LogP contribution is 2.27. The molecule has 1 N–H and O–H groups in total. The van der Waals surface area contributed by atoms with Crippen LogP contribution in [-0.2, 0) is 6.54 Å². The van der Waals surface area contributed by atoms with Gasteiger partial charge in [-0.3, -0.25) is 4.90 Å². The molecule has 1 heterocycles. The molecular formula is C19H24N2. The Balaban J connectivity index is 1.54. The third-order valence-corrected chi connectivity index (χ3v) is 4.43. The van der Waals surface area contributed by atoms with E-state index in [0.29, 0.717) is 0 Å². The maximum atomic E-state index is 3.71. The SMILES string of the molecule is CC1(Nc2ccccc2)CCN(Cc2ccccc2)CC1. The summed E-state index contributed by atoms with van der Waals surface area (Å²) in [5.74, 6) is 0. The summed E-state index contributed by atoms with van der Waals surface area (Å²) < 4.78 is 0. The highest BCUT2D eigenvalue weighted by Gasteiger charge is 2.29. The van der Waals surface area contributed by atoms with Gasteiger partial charge in [0, 0.05) is 30.9 Å². The lowest BCUT2D eigenvalue weighted by molar-refractivity contribution is 0.175. The summed E-state index contributed by atoms with van der Waals surface area (Å²) in [7, 11) is 0. The first-order valence-corrected chi connectivity index (χ1v) is 7.83. The third kappa shape index (κ3) is 3.85. The highest BCUT2D eigenvalue weighted by molar-refractivity contribution is 5.45. The number of nitrogens with zero attached hydrogens (tertiary/aromatic N) is 1. The molecule has 0 spiro atoms. The quantitative estimate of drug-likeness (QED) is 0.905. The van der Waals surface area contributed by atoms with Crippen molar-refractivity contribution in [2.75, 3.05) is 18.4 Å². The molecule has 0 aromatic heterocycles. The van der Waals surface area contributed by atoms with Crippen molar-refractivity contribution < 1.29 is 0 Å². The van der Waals surface area contributed by atoms with E-state index in [0.717, 1.165) is 19.6 Å². The molecule has 1 saturated heterocycles. The molecule has 2 aromatic carbocycles. The third-order valence-electron chi connectivity index (χ3n) is 4.43. The van der Waals surface area contributed by atoms with Gasteiger partial charge in [-0.2, -0.15) is 0 Å². The molecule has 1 aliphatic rings. The molecule has 1 fully saturated rings. The van der Waals surface area contributed by atoms with Crippen LogP contribution in [-0.4, -0.2) is 23.5 Å². The molecule has 0 aliphatic carbocycles. The van der Waals surface area contributed by atoms with E-state index in [9.17, 15) is 0 Å². The van der Waals surface area contributed by atoms with Gasteiger partial charge in [0.2, 0.25) is 0 Å². The largest absolute Gasteiger partial charge is 0.380 e. The van der Waals surface area contributed by atoms with Crippen molar-refractivity contribution in [1.29, 1.82) is 0 Å². The van der Waals surface area contributed by atoms with Crippen LogP contribution in [0, 0.1) is 0 Å². The van der Waals surface area contributed by atoms with Crippen LogP contribution < -0.4 is 5.32 Å². The molecule has 1 aliphatic heterocycles. The minimum Gasteiger partial charge on any atom is -0.380 e. The zero-order chi connectivity index (χ0) is 14.5. The van der Waals surface area contributed by atoms with Gasteiger partial charge in [0.1, 0.15) is 0 Å². The Labute approximate surface area is 127 Å². The number of para-hydroxylation sites is 1. The topological polar surface area (TPSA) is 15.3 Å². The zero-order valence-electron chi connectivity index (χ0n) is 12.8. The number of rotatable bonds is 4. The van der Waals surface area contributed by atoms with Gasteiger partial charge in [-0.25, -0.2) is 0 Å². The van der Waals surface area contributed by atoms with E-state index < -0.39 is 0 Å². The Hall–Kier alpha value is -1.80. The summed E-state index contributed by atoms with van der Waals surface area (Å²) in [5.41, 5.74) is 2.86. The maximum absolute atomic E-state index is 3.71. The Morgan fingerprint density at radius 1 is 0.905 bits per heavy atom. The normalized spacial score (nSPS) is 18.3. The summed E-state index contributed by atoms with van der Waals surface area (Å²) in [6, 6.07) is 21.3. The van der Waals surface area contributed by atoms with Crippen molar-refractivity contribution in [3.63, 3.8) is 0 Å². The van der Waals surface area contributed by atoms with E-state index in [1.807, 2.05) is 0 Å². The number of anilines is 1. The lowest BCUT2D eigenvalue weighted by Gasteiger charge is -2.40. The minimum absolute atomic E-state index is 0.217. The Morgan fingerprint density at radius 2 is 1.48 bits per heavy atom. The molecule has 0 bridgehead atoms. The first-order chi connectivity index (χ1) is 10.2. The van der Waals surface area contributed by atoms with E-state index in [4.69, 9.17) is 0 Å². The second kappa shape index (κ2) is 6.31. The molecule has 0 unspecified atom stereocenters. The van der Waals surface area contributed by atoms with Crippen LogP contribution in [0.25, 0.3) is 0 Å². The van der Waals surface area contributed by atoms with E-state index in [-0.39, 0.29) is 5.54 Å². The lowest BCUT2D eigenvalue weighted by atomic mass is 9.89. The number of benzene rings is 2. The monoisotopic (exact) mass is 280 g/mol. The van der Waals surface area contributed by atoms with Crippen LogP contribution >= 0.6 is 0 Å². The van der Waals surface area contributed by atoms with Crippen molar-refractivity contribution in [2.45, 2.75) is 31.8 Å². The summed E-state index contributed by atoms with van der Waals surface area (Å²) in [4.78, 5) is 2.56. The van der Waals surface area contributed by atoms with E-state index in [1.54, 1.807) is 0 Å². The molecular weight excluding hydrogens is 256 g/mol. The lowest BCUT2D eigenvalue weighted by Crippen LogP contribution is -2.46. The Bertz CT molecular complexity index is 542. The summed E-state index contributed by atoms with van der Waals surface area (Å²) in [6.45, 7) is 5.73. The molecule has 3 rings (SSSR count). The summed E-state index contributed by atoms with van der Waals surface area (Å²) >= 11 is 0. The van der Waals surface area contributed by atoms with E-state index in [2.05, 4.69) is 77.8 Å². The van der Waals surface area contributed by atoms with Crippen LogP contribution in [0.3, 0.4) is 0 Å². The van der Waals surface area contributed by atoms with Gasteiger partial charge < -0.3 is 5.32 Å². The van der Waals surface area contributed by atoms with Gasteiger partial charge in [0.25, 0.3) is 0 Å². The molecule has 21 heavy (non-hydrogen) atoms. The molecule has 110 valence electrons. The number of piperidine rings is 1. The van der Waals surface area contributed by atoms with Gasteiger partial charge >= 0.3 is 0 Å². The fourth-order valence-electron chi connectivity index (χ4n) is 3.04. The van der Waals surface area contributed by atoms with E-state index >= 15 is 0 Å². The molecule has 0 amide bonds. The van der Waals surface area contributed by atoms with Crippen LogP contribution in [0.1, 0.15) is 25.3 Å². The first-order valence-electron chi connectivity index (χ1n) is 7.83. The molecule has 2 aromatic rings. The Morgan fingerprint density at radius 3 is 2.10 bits per heavy atom. The first kappa shape index (κ1) is 14.2. The van der Waals surface area contributed by atoms with Gasteiger partial charge in [-0.05, 0) is 37.5 Å². The molecule has 2 heteroatoms. The van der Waals surface area contributed by atoms with Crippen molar-refractivity contribution in [3.8, 4) is 0 Å². The van der Waals surface area contributed by atoms with Crippen molar-refractivity contribution in [2.24, 2.45) is 0 Å². The maximum Gasteiger partial charge on any atom is 0.0370 e. The predicted molar refractivity (Wildman–Crippen MR) is 89.4 cm³/mol. The second-order valence-corrected chi connectivity index (χ2v) is 6.31. The van der Waals surface area contributed by atoms with E-state index in [1.165, 1.54) is 24.1 Å². The second-order valence-electron chi connectivity index (χ2n) is 6.31. The molecule has 0 saturated carbocycles. The Kier molecular flexibility index (Phi) is 4.26. The number of hydrogen-bond acceptors (Lipinski definition) is 2. The van der Waals surface area contributed by atoms with Gasteiger partial charge in [-0.1, -0.05) is 48.5 Å². The van der Waals surface area contributed by atoms with Crippen molar-refractivity contribution in [3.05, 3.63) is 66.2 Å². The van der Waals surface area contributed by atoms with Gasteiger partial charge in [-0.15, -0.1) is 0 Å². The molecule has 0 atom stereocenters. The number of nitrogens with one attached hydrogen (secondary N) is 1. The van der Waals surface area contributed by atoms with Gasteiger partial charge in [0.15, 0.2) is 0 Å². The van der Waals surface area contributed by atoms with Crippen LogP contribution in [0.4, 0.5) is 5.69 Å². The fourth-order valence-corrected chi connectivity index (χ4v) is 3.04. The highest BCUT2D eigenvalue weighted by atomic mass is 15.2. The predicted octanol–water partition coefficient (Wildman–Crippen LogP) is 4.15. The van der Waals surface area contributed by atoms with Crippen molar-refractivity contribution >= 4 is 5.69 Å². The van der Waals surface area contributed by atoms with Crippen LogP contribution in [0.15, 0.2) is 60.7 Å². The van der Waals surface area contributed by atoms with Crippen LogP contribution in [0.5, 0.6) is 0 Å². The summed E-state index contributed by atoms with van der Waals surface area (Å²) in [6.07, 6.45) is 2.38. The standard InChI is InChI=1S/C19H24N2/c1-19(20-18-10-6-3-7-11-18)12-14-21(15-13-19)16-17-8-4-2-5-9-17/h2-11,20H,12-16H2,1H3. The number of hydrogen-bond donors (Lipinski definition) is 1. The van der Waals surface area contributed by atoms with Crippen molar-refractivity contribution in [1.82, 2.24) is 4.90 Å².